The molecule has 104 valence electrons. The molecule has 0 aromatic rings. The van der Waals surface area contributed by atoms with Crippen molar-refractivity contribution < 1.29 is 14.7 Å². The lowest BCUT2D eigenvalue weighted by atomic mass is 9.98. The highest BCUT2D eigenvalue weighted by molar-refractivity contribution is 5.74. The molecule has 0 heterocycles. The fourth-order valence-electron chi connectivity index (χ4n) is 2.44. The number of nitrogens with one attached hydrogen (secondary N) is 2. The minimum absolute atomic E-state index is 0.0844. The van der Waals surface area contributed by atoms with Crippen molar-refractivity contribution in [3.05, 3.63) is 0 Å². The average molecular weight is 256 g/mol. The van der Waals surface area contributed by atoms with Gasteiger partial charge < -0.3 is 15.7 Å². The highest BCUT2D eigenvalue weighted by Crippen LogP contribution is 2.30. The van der Waals surface area contributed by atoms with Crippen LogP contribution in [0.25, 0.3) is 0 Å². The van der Waals surface area contributed by atoms with Crippen LogP contribution in [0.5, 0.6) is 0 Å². The summed E-state index contributed by atoms with van der Waals surface area (Å²) in [5.74, 6) is 0.448. The van der Waals surface area contributed by atoms with Gasteiger partial charge in [0.1, 0.15) is 0 Å². The van der Waals surface area contributed by atoms with Crippen LogP contribution in [-0.2, 0) is 4.79 Å². The van der Waals surface area contributed by atoms with E-state index < -0.39 is 5.97 Å². The Balaban J connectivity index is 2.14. The van der Waals surface area contributed by atoms with Crippen LogP contribution in [0.15, 0.2) is 0 Å². The molecule has 0 bridgehead atoms. The number of rotatable bonds is 6. The van der Waals surface area contributed by atoms with Crippen LogP contribution in [-0.4, -0.2) is 29.7 Å². The number of carbonyl (C=O) groups is 2. The van der Waals surface area contributed by atoms with Crippen LogP contribution in [0.4, 0.5) is 4.79 Å². The third kappa shape index (κ3) is 5.38. The quantitative estimate of drug-likeness (QED) is 0.680. The monoisotopic (exact) mass is 256 g/mol. The van der Waals surface area contributed by atoms with Crippen LogP contribution in [0.2, 0.25) is 0 Å². The predicted octanol–water partition coefficient (Wildman–Crippen LogP) is 1.98. The van der Waals surface area contributed by atoms with Crippen molar-refractivity contribution in [1.82, 2.24) is 10.6 Å². The molecule has 0 spiro atoms. The summed E-state index contributed by atoms with van der Waals surface area (Å²) in [4.78, 5) is 22.0. The summed E-state index contributed by atoms with van der Waals surface area (Å²) < 4.78 is 0. The van der Waals surface area contributed by atoms with Gasteiger partial charge in [0.2, 0.25) is 0 Å². The molecule has 0 aromatic heterocycles. The van der Waals surface area contributed by atoms with Crippen LogP contribution in [0, 0.1) is 11.8 Å². The molecule has 5 heteroatoms. The molecule has 1 saturated carbocycles. The van der Waals surface area contributed by atoms with Gasteiger partial charge in [-0.2, -0.15) is 0 Å². The normalized spacial score (nSPS) is 24.6. The van der Waals surface area contributed by atoms with Gasteiger partial charge in [-0.25, -0.2) is 4.79 Å². The molecule has 1 fully saturated rings. The van der Waals surface area contributed by atoms with Crippen molar-refractivity contribution in [2.24, 2.45) is 11.8 Å². The van der Waals surface area contributed by atoms with Gasteiger partial charge in [0.05, 0.1) is 0 Å². The van der Waals surface area contributed by atoms with Gasteiger partial charge in [-0.15, -0.1) is 0 Å². The van der Waals surface area contributed by atoms with E-state index in [1.54, 1.807) is 0 Å². The predicted molar refractivity (Wildman–Crippen MR) is 69.4 cm³/mol. The summed E-state index contributed by atoms with van der Waals surface area (Å²) in [7, 11) is 0. The molecule has 1 aliphatic carbocycles. The summed E-state index contributed by atoms with van der Waals surface area (Å²) in [6, 6.07) is -0.297. The standard InChI is InChI=1S/C13H24N2O3/c1-9-4-3-5-11(9)8-14-13(18)15-10(2)6-7-12(16)17/h9-11H,3-8H2,1-2H3,(H,16,17)(H2,14,15,18). The van der Waals surface area contributed by atoms with E-state index in [1.807, 2.05) is 6.92 Å². The molecule has 3 unspecified atom stereocenters. The third-order valence-corrected chi connectivity index (χ3v) is 3.73. The Kier molecular flexibility index (Phi) is 5.95. The topological polar surface area (TPSA) is 78.4 Å². The van der Waals surface area contributed by atoms with Gasteiger partial charge in [-0.05, 0) is 31.6 Å². The first-order valence-electron chi connectivity index (χ1n) is 6.75. The number of hydrogen-bond donors (Lipinski definition) is 3. The van der Waals surface area contributed by atoms with Crippen LogP contribution in [0.1, 0.15) is 46.0 Å². The van der Waals surface area contributed by atoms with Crippen molar-refractivity contribution >= 4 is 12.0 Å². The largest absolute Gasteiger partial charge is 0.481 e. The molecule has 18 heavy (non-hydrogen) atoms. The SMILES string of the molecule is CC(CCC(=O)O)NC(=O)NCC1CCCC1C. The van der Waals surface area contributed by atoms with Gasteiger partial charge >= 0.3 is 12.0 Å². The number of amides is 2. The maximum absolute atomic E-state index is 11.6. The molecule has 3 atom stereocenters. The summed E-state index contributed by atoms with van der Waals surface area (Å²) in [6.45, 7) is 4.77. The zero-order chi connectivity index (χ0) is 13.5. The van der Waals surface area contributed by atoms with Crippen molar-refractivity contribution in [2.45, 2.75) is 52.0 Å². The van der Waals surface area contributed by atoms with Crippen molar-refractivity contribution in [1.29, 1.82) is 0 Å². The first kappa shape index (κ1) is 14.8. The Morgan fingerprint density at radius 1 is 1.39 bits per heavy atom. The summed E-state index contributed by atoms with van der Waals surface area (Å²) in [6.07, 6.45) is 4.24. The second-order valence-corrected chi connectivity index (χ2v) is 5.36. The maximum Gasteiger partial charge on any atom is 0.315 e. The second-order valence-electron chi connectivity index (χ2n) is 5.36. The summed E-state index contributed by atoms with van der Waals surface area (Å²) >= 11 is 0. The molecule has 1 aliphatic rings. The van der Waals surface area contributed by atoms with E-state index in [2.05, 4.69) is 17.6 Å². The minimum Gasteiger partial charge on any atom is -0.481 e. The van der Waals surface area contributed by atoms with Gasteiger partial charge in [0, 0.05) is 19.0 Å². The van der Waals surface area contributed by atoms with Gasteiger partial charge in [-0.1, -0.05) is 19.8 Å². The average Bonchev–Trinajstić information content (AvgIpc) is 2.69. The number of hydrogen-bond acceptors (Lipinski definition) is 2. The van der Waals surface area contributed by atoms with Crippen LogP contribution < -0.4 is 10.6 Å². The minimum atomic E-state index is -0.830. The zero-order valence-corrected chi connectivity index (χ0v) is 11.2. The summed E-state index contributed by atoms with van der Waals surface area (Å²) in [5, 5.41) is 14.2. The number of aliphatic carboxylic acids is 1. The number of urea groups is 1. The summed E-state index contributed by atoms with van der Waals surface area (Å²) in [5.41, 5.74) is 0. The molecule has 0 aromatic carbocycles. The Bertz CT molecular complexity index is 294. The third-order valence-electron chi connectivity index (χ3n) is 3.73. The van der Waals surface area contributed by atoms with E-state index in [0.717, 1.165) is 6.54 Å². The Hall–Kier alpha value is -1.26. The fraction of sp³-hybridized carbons (Fsp3) is 0.846. The first-order valence-corrected chi connectivity index (χ1v) is 6.75. The number of carboxylic acid groups (broad SMARTS) is 1. The lowest BCUT2D eigenvalue weighted by molar-refractivity contribution is -0.137. The highest BCUT2D eigenvalue weighted by atomic mass is 16.4. The molecule has 0 aliphatic heterocycles. The van der Waals surface area contributed by atoms with Crippen LogP contribution in [0.3, 0.4) is 0 Å². The van der Waals surface area contributed by atoms with E-state index in [-0.39, 0.29) is 18.5 Å². The second kappa shape index (κ2) is 7.24. The lowest BCUT2D eigenvalue weighted by Crippen LogP contribution is -2.42. The Morgan fingerprint density at radius 3 is 2.67 bits per heavy atom. The highest BCUT2D eigenvalue weighted by Gasteiger charge is 2.23. The van der Waals surface area contributed by atoms with Crippen molar-refractivity contribution in [2.75, 3.05) is 6.54 Å². The van der Waals surface area contributed by atoms with E-state index in [0.29, 0.717) is 18.3 Å². The molecule has 1 rings (SSSR count). The number of carbonyl (C=O) groups excluding carboxylic acids is 1. The van der Waals surface area contributed by atoms with E-state index >= 15 is 0 Å². The van der Waals surface area contributed by atoms with E-state index in [4.69, 9.17) is 5.11 Å². The van der Waals surface area contributed by atoms with Gasteiger partial charge in [-0.3, -0.25) is 4.79 Å². The smallest absolute Gasteiger partial charge is 0.315 e. The van der Waals surface area contributed by atoms with Crippen molar-refractivity contribution in [3.8, 4) is 0 Å². The Labute approximate surface area is 108 Å². The molecular weight excluding hydrogens is 232 g/mol. The molecule has 2 amide bonds. The van der Waals surface area contributed by atoms with E-state index in [9.17, 15) is 9.59 Å². The van der Waals surface area contributed by atoms with Gasteiger partial charge in [0.15, 0.2) is 0 Å². The zero-order valence-electron chi connectivity index (χ0n) is 11.2. The molecule has 0 saturated heterocycles. The maximum atomic E-state index is 11.6. The lowest BCUT2D eigenvalue weighted by Gasteiger charge is -2.18. The molecule has 5 nitrogen and oxygen atoms in total. The fourth-order valence-corrected chi connectivity index (χ4v) is 2.44. The van der Waals surface area contributed by atoms with E-state index in [1.165, 1.54) is 19.3 Å². The molecule has 0 radical (unpaired) electrons. The molecule has 3 N–H and O–H groups in total. The Morgan fingerprint density at radius 2 is 2.11 bits per heavy atom. The molecular formula is C13H24N2O3. The van der Waals surface area contributed by atoms with Gasteiger partial charge in [0.25, 0.3) is 0 Å². The number of carboxylic acids is 1. The van der Waals surface area contributed by atoms with Crippen LogP contribution >= 0.6 is 0 Å². The first-order chi connectivity index (χ1) is 8.49. The van der Waals surface area contributed by atoms with Crippen molar-refractivity contribution in [3.63, 3.8) is 0 Å².